The van der Waals surface area contributed by atoms with Crippen LogP contribution in [0.5, 0.6) is 0 Å². The van der Waals surface area contributed by atoms with Gasteiger partial charge < -0.3 is 14.5 Å². The number of nitrogens with one attached hydrogen (secondary N) is 1. The van der Waals surface area contributed by atoms with Crippen LogP contribution in [0, 0.1) is 13.8 Å². The van der Waals surface area contributed by atoms with Crippen LogP contribution in [0.2, 0.25) is 0 Å². The van der Waals surface area contributed by atoms with Crippen LogP contribution in [0.4, 0.5) is 5.69 Å². The molecule has 1 fully saturated rings. The Hall–Kier alpha value is -4.04. The molecule has 0 saturated carbocycles. The van der Waals surface area contributed by atoms with Crippen LogP contribution >= 0.6 is 12.2 Å². The number of aromatic carboxylic acids is 1. The van der Waals surface area contributed by atoms with Gasteiger partial charge in [0.05, 0.1) is 11.7 Å². The number of nitrogens with zero attached hydrogens (tertiary/aromatic N) is 2. The van der Waals surface area contributed by atoms with Crippen molar-refractivity contribution >= 4 is 46.9 Å². The topological polar surface area (TPSA) is 94.5 Å². The molecule has 1 aromatic heterocycles. The summed E-state index contributed by atoms with van der Waals surface area (Å²) in [5.74, 6) is -2.43. The molecular weight excluding hydrogens is 426 g/mol. The van der Waals surface area contributed by atoms with Crippen molar-refractivity contribution in [1.29, 1.82) is 0 Å². The molecule has 0 radical (unpaired) electrons. The maximum absolute atomic E-state index is 13.3. The predicted octanol–water partition coefficient (Wildman–Crippen LogP) is 2.29. The second-order valence-corrected chi connectivity index (χ2v) is 7.78. The number of aromatic nitrogens is 1. The lowest BCUT2D eigenvalue weighted by atomic mass is 10.1. The molecule has 2 heterocycles. The van der Waals surface area contributed by atoms with Gasteiger partial charge in [0.15, 0.2) is 5.11 Å². The Morgan fingerprint density at radius 2 is 1.84 bits per heavy atom. The fourth-order valence-electron chi connectivity index (χ4n) is 3.61. The van der Waals surface area contributed by atoms with Gasteiger partial charge in [-0.1, -0.05) is 29.8 Å². The number of benzene rings is 2. The van der Waals surface area contributed by atoms with Crippen molar-refractivity contribution in [1.82, 2.24) is 9.88 Å². The minimum absolute atomic E-state index is 0.0149. The molecule has 1 aliphatic rings. The van der Waals surface area contributed by atoms with Crippen molar-refractivity contribution in [3.05, 3.63) is 88.8 Å². The zero-order chi connectivity index (χ0) is 23.0. The van der Waals surface area contributed by atoms with Crippen molar-refractivity contribution in [2.45, 2.75) is 13.8 Å². The highest BCUT2D eigenvalue weighted by Crippen LogP contribution is 2.26. The highest BCUT2D eigenvalue weighted by molar-refractivity contribution is 7.80. The van der Waals surface area contributed by atoms with Gasteiger partial charge in [0.25, 0.3) is 11.8 Å². The minimum Gasteiger partial charge on any atom is -0.545 e. The quantitative estimate of drug-likeness (QED) is 0.379. The molecule has 0 atom stereocenters. The summed E-state index contributed by atoms with van der Waals surface area (Å²) in [6, 6.07) is 15.2. The summed E-state index contributed by atoms with van der Waals surface area (Å²) in [5.41, 5.74) is 3.48. The first kappa shape index (κ1) is 21.2. The summed E-state index contributed by atoms with van der Waals surface area (Å²) in [7, 11) is 0. The van der Waals surface area contributed by atoms with E-state index in [1.165, 1.54) is 23.1 Å². The number of thiocarbonyl (C=S) groups is 1. The fraction of sp³-hybridized carbons (Fsp3) is 0.0833. The number of carboxylic acids is 1. The van der Waals surface area contributed by atoms with Crippen molar-refractivity contribution < 1.29 is 19.5 Å². The average molecular weight is 444 g/mol. The molecule has 3 aromatic rings. The van der Waals surface area contributed by atoms with Gasteiger partial charge in [-0.25, -0.2) is 0 Å². The Morgan fingerprint density at radius 3 is 2.56 bits per heavy atom. The molecule has 2 amide bonds. The Morgan fingerprint density at radius 1 is 1.06 bits per heavy atom. The van der Waals surface area contributed by atoms with Crippen LogP contribution < -0.4 is 15.3 Å². The van der Waals surface area contributed by atoms with Gasteiger partial charge in [0.1, 0.15) is 5.57 Å². The number of rotatable bonds is 4. The largest absolute Gasteiger partial charge is 0.545 e. The molecule has 2 aromatic carbocycles. The number of carboxylic acid groups (broad SMARTS) is 1. The first-order valence-electron chi connectivity index (χ1n) is 9.74. The SMILES string of the molecule is Cc1ccc(N2C(=O)/C(=C/c3cccn3-c3cccc(C(=O)[O-])c3)C(=O)NC2=S)c(C)c1. The molecule has 0 unspecified atom stereocenters. The van der Waals surface area contributed by atoms with E-state index in [-0.39, 0.29) is 16.2 Å². The van der Waals surface area contributed by atoms with Crippen molar-refractivity contribution in [2.75, 3.05) is 4.90 Å². The summed E-state index contributed by atoms with van der Waals surface area (Å²) in [5, 5.41) is 13.8. The molecule has 0 bridgehead atoms. The number of hydrogen-bond acceptors (Lipinski definition) is 5. The molecule has 7 nitrogen and oxygen atoms in total. The van der Waals surface area contributed by atoms with Crippen molar-refractivity contribution in [3.63, 3.8) is 0 Å². The maximum atomic E-state index is 13.3. The van der Waals surface area contributed by atoms with E-state index in [1.807, 2.05) is 26.0 Å². The van der Waals surface area contributed by atoms with E-state index in [2.05, 4.69) is 5.32 Å². The van der Waals surface area contributed by atoms with Gasteiger partial charge in [-0.15, -0.1) is 0 Å². The van der Waals surface area contributed by atoms with E-state index in [0.29, 0.717) is 17.1 Å². The molecule has 0 aliphatic carbocycles. The number of amides is 2. The highest BCUT2D eigenvalue weighted by Gasteiger charge is 2.35. The van der Waals surface area contributed by atoms with Crippen LogP contribution in [0.15, 0.2) is 66.4 Å². The highest BCUT2D eigenvalue weighted by atomic mass is 32.1. The third-order valence-electron chi connectivity index (χ3n) is 5.13. The summed E-state index contributed by atoms with van der Waals surface area (Å²) >= 11 is 5.28. The van der Waals surface area contributed by atoms with Gasteiger partial charge in [-0.2, -0.15) is 0 Å². The van der Waals surface area contributed by atoms with Crippen LogP contribution in [0.3, 0.4) is 0 Å². The lowest BCUT2D eigenvalue weighted by molar-refractivity contribution is -0.255. The van der Waals surface area contributed by atoms with Crippen LogP contribution in [-0.2, 0) is 9.59 Å². The third kappa shape index (κ3) is 3.83. The lowest BCUT2D eigenvalue weighted by Crippen LogP contribution is -2.54. The summed E-state index contributed by atoms with van der Waals surface area (Å²) in [6.45, 7) is 3.82. The first-order chi connectivity index (χ1) is 15.3. The number of anilines is 1. The lowest BCUT2D eigenvalue weighted by Gasteiger charge is -2.30. The second kappa shape index (κ2) is 8.24. The molecule has 8 heteroatoms. The molecule has 4 rings (SSSR count). The second-order valence-electron chi connectivity index (χ2n) is 7.39. The minimum atomic E-state index is -1.29. The normalized spacial score (nSPS) is 15.2. The van der Waals surface area contributed by atoms with Gasteiger partial charge in [-0.3, -0.25) is 19.8 Å². The van der Waals surface area contributed by atoms with E-state index in [0.717, 1.165) is 11.1 Å². The van der Waals surface area contributed by atoms with Gasteiger partial charge in [0.2, 0.25) is 0 Å². The smallest absolute Gasteiger partial charge is 0.270 e. The Labute approximate surface area is 189 Å². The molecular formula is C24H18N3O4S-. The number of carbonyl (C=O) groups excluding carboxylic acids is 3. The van der Waals surface area contributed by atoms with Gasteiger partial charge in [0, 0.05) is 17.6 Å². The number of hydrogen-bond donors (Lipinski definition) is 1. The van der Waals surface area contributed by atoms with Crippen LogP contribution in [0.25, 0.3) is 11.8 Å². The van der Waals surface area contributed by atoms with Crippen molar-refractivity contribution in [3.8, 4) is 5.69 Å². The van der Waals surface area contributed by atoms with E-state index in [1.54, 1.807) is 41.1 Å². The molecule has 32 heavy (non-hydrogen) atoms. The van der Waals surface area contributed by atoms with E-state index in [9.17, 15) is 19.5 Å². The standard InChI is InChI=1S/C24H19N3O4S/c1-14-8-9-20(15(2)11-14)27-22(29)19(21(28)25-24(27)32)13-18-7-4-10-26(18)17-6-3-5-16(12-17)23(30)31/h3-13H,1-2H3,(H,30,31)(H,25,28,32)/p-1/b19-13+. The Kier molecular flexibility index (Phi) is 5.46. The molecule has 1 saturated heterocycles. The first-order valence-corrected chi connectivity index (χ1v) is 10.1. The fourth-order valence-corrected chi connectivity index (χ4v) is 3.88. The average Bonchev–Trinajstić information content (AvgIpc) is 3.21. The van der Waals surface area contributed by atoms with Gasteiger partial charge in [-0.05, 0) is 73.6 Å². The maximum Gasteiger partial charge on any atom is 0.270 e. The molecule has 0 spiro atoms. The predicted molar refractivity (Wildman–Crippen MR) is 122 cm³/mol. The summed E-state index contributed by atoms with van der Waals surface area (Å²) < 4.78 is 1.67. The number of aryl methyl sites for hydroxylation is 2. The third-order valence-corrected chi connectivity index (χ3v) is 5.41. The molecule has 1 aliphatic heterocycles. The molecule has 1 N–H and O–H groups in total. The van der Waals surface area contributed by atoms with Crippen molar-refractivity contribution in [2.24, 2.45) is 0 Å². The Balaban J connectivity index is 1.76. The zero-order valence-corrected chi connectivity index (χ0v) is 18.1. The van der Waals surface area contributed by atoms with Crippen LogP contribution in [-0.4, -0.2) is 27.5 Å². The van der Waals surface area contributed by atoms with Gasteiger partial charge >= 0.3 is 0 Å². The molecule has 160 valence electrons. The van der Waals surface area contributed by atoms with Crippen LogP contribution in [0.1, 0.15) is 27.2 Å². The summed E-state index contributed by atoms with van der Waals surface area (Å²) in [4.78, 5) is 38.5. The van der Waals surface area contributed by atoms with E-state index >= 15 is 0 Å². The Bertz CT molecular complexity index is 1320. The van der Waals surface area contributed by atoms with E-state index < -0.39 is 17.8 Å². The van der Waals surface area contributed by atoms with E-state index in [4.69, 9.17) is 12.2 Å². The number of carbonyl (C=O) groups is 3. The monoisotopic (exact) mass is 444 g/mol. The summed E-state index contributed by atoms with van der Waals surface area (Å²) in [6.07, 6.45) is 3.17. The zero-order valence-electron chi connectivity index (χ0n) is 17.3.